The van der Waals surface area contributed by atoms with Crippen LogP contribution in [-0.4, -0.2) is 16.6 Å². The minimum Gasteiger partial charge on any atom is -0.295 e. The third-order valence-electron chi connectivity index (χ3n) is 3.30. The molecule has 0 radical (unpaired) electrons. The van der Waals surface area contributed by atoms with Crippen molar-refractivity contribution >= 4 is 29.0 Å². The Labute approximate surface area is 125 Å². The summed E-state index contributed by atoms with van der Waals surface area (Å²) in [5, 5.41) is 10.8. The zero-order valence-electron chi connectivity index (χ0n) is 11.0. The number of benzene rings is 2. The van der Waals surface area contributed by atoms with Gasteiger partial charge in [-0.1, -0.05) is 30.3 Å². The number of hydrogen-bond donors (Lipinski definition) is 0. The second kappa shape index (κ2) is 5.57. The van der Waals surface area contributed by atoms with Crippen LogP contribution in [0.4, 0.5) is 11.4 Å². The normalized spacial score (nSPS) is 18.0. The molecule has 21 heavy (non-hydrogen) atoms. The molecule has 1 heterocycles. The highest BCUT2D eigenvalue weighted by Crippen LogP contribution is 2.44. The van der Waals surface area contributed by atoms with Gasteiger partial charge in [0.1, 0.15) is 5.37 Å². The first kappa shape index (κ1) is 13.6. The molecule has 0 aromatic heterocycles. The summed E-state index contributed by atoms with van der Waals surface area (Å²) in [6.45, 7) is 0. The van der Waals surface area contributed by atoms with E-state index in [9.17, 15) is 14.9 Å². The number of carbonyl (C=O) groups is 1. The smallest absolute Gasteiger partial charge is 0.275 e. The standard InChI is InChI=1S/C15H12N2O3S/c18-14-10-21-15(16(14)11-6-2-1-3-7-11)12-8-4-5-9-13(12)17(19)20/h1-9,15H,10H2/t15-/m1/s1. The second-order valence-corrected chi connectivity index (χ2v) is 5.65. The Kier molecular flexibility index (Phi) is 3.62. The lowest BCUT2D eigenvalue weighted by molar-refractivity contribution is -0.385. The minimum atomic E-state index is -0.401. The van der Waals surface area contributed by atoms with Gasteiger partial charge < -0.3 is 0 Å². The number of rotatable bonds is 3. The van der Waals surface area contributed by atoms with Gasteiger partial charge in [-0.15, -0.1) is 11.8 Å². The van der Waals surface area contributed by atoms with Crippen molar-refractivity contribution in [2.75, 3.05) is 10.7 Å². The van der Waals surface area contributed by atoms with Gasteiger partial charge in [0.05, 0.1) is 16.2 Å². The third-order valence-corrected chi connectivity index (χ3v) is 4.50. The van der Waals surface area contributed by atoms with E-state index in [1.807, 2.05) is 30.3 Å². The van der Waals surface area contributed by atoms with Gasteiger partial charge >= 0.3 is 0 Å². The highest BCUT2D eigenvalue weighted by molar-refractivity contribution is 8.00. The van der Waals surface area contributed by atoms with Gasteiger partial charge in [0.25, 0.3) is 5.69 Å². The van der Waals surface area contributed by atoms with Crippen molar-refractivity contribution in [3.05, 3.63) is 70.3 Å². The SMILES string of the molecule is O=C1CS[C@H](c2ccccc2[N+](=O)[O-])N1c1ccccc1. The fourth-order valence-electron chi connectivity index (χ4n) is 2.38. The number of hydrogen-bond acceptors (Lipinski definition) is 4. The van der Waals surface area contributed by atoms with Crippen molar-refractivity contribution in [3.63, 3.8) is 0 Å². The van der Waals surface area contributed by atoms with Crippen molar-refractivity contribution in [2.24, 2.45) is 0 Å². The summed E-state index contributed by atoms with van der Waals surface area (Å²) in [4.78, 5) is 24.6. The summed E-state index contributed by atoms with van der Waals surface area (Å²) < 4.78 is 0. The molecule has 1 aliphatic rings. The van der Waals surface area contributed by atoms with E-state index in [0.29, 0.717) is 11.3 Å². The Hall–Kier alpha value is -2.34. The molecular formula is C15H12N2O3S. The Morgan fingerprint density at radius 2 is 1.76 bits per heavy atom. The van der Waals surface area contributed by atoms with Crippen molar-refractivity contribution in [2.45, 2.75) is 5.37 Å². The van der Waals surface area contributed by atoms with Crippen LogP contribution in [0.15, 0.2) is 54.6 Å². The quantitative estimate of drug-likeness (QED) is 0.644. The first-order chi connectivity index (χ1) is 10.2. The van der Waals surface area contributed by atoms with E-state index in [-0.39, 0.29) is 17.0 Å². The minimum absolute atomic E-state index is 0.0330. The second-order valence-electron chi connectivity index (χ2n) is 4.58. The summed E-state index contributed by atoms with van der Waals surface area (Å²) in [6, 6.07) is 15.8. The monoisotopic (exact) mass is 300 g/mol. The Morgan fingerprint density at radius 3 is 2.48 bits per heavy atom. The predicted octanol–water partition coefficient (Wildman–Crippen LogP) is 3.37. The predicted molar refractivity (Wildman–Crippen MR) is 82.2 cm³/mol. The molecule has 1 atom stereocenters. The highest BCUT2D eigenvalue weighted by atomic mass is 32.2. The van der Waals surface area contributed by atoms with Crippen molar-refractivity contribution < 1.29 is 9.72 Å². The summed E-state index contributed by atoms with van der Waals surface area (Å²) in [7, 11) is 0. The average molecular weight is 300 g/mol. The zero-order valence-corrected chi connectivity index (χ0v) is 11.8. The van der Waals surface area contributed by atoms with E-state index in [0.717, 1.165) is 5.69 Å². The molecule has 0 spiro atoms. The highest BCUT2D eigenvalue weighted by Gasteiger charge is 2.37. The summed E-state index contributed by atoms with van der Waals surface area (Å²) in [5.74, 6) is 0.292. The van der Waals surface area contributed by atoms with E-state index in [2.05, 4.69) is 0 Å². The number of nitrogens with zero attached hydrogens (tertiary/aromatic N) is 2. The number of para-hydroxylation sites is 2. The van der Waals surface area contributed by atoms with Gasteiger partial charge in [-0.05, 0) is 18.2 Å². The third kappa shape index (κ3) is 2.50. The number of nitro benzene ring substituents is 1. The van der Waals surface area contributed by atoms with Crippen LogP contribution in [-0.2, 0) is 4.79 Å². The molecule has 1 amide bonds. The van der Waals surface area contributed by atoms with E-state index in [1.54, 1.807) is 23.1 Å². The fraction of sp³-hybridized carbons (Fsp3) is 0.133. The van der Waals surface area contributed by atoms with Crippen molar-refractivity contribution in [1.29, 1.82) is 0 Å². The summed E-state index contributed by atoms with van der Waals surface area (Å²) in [5.41, 5.74) is 1.36. The van der Waals surface area contributed by atoms with Crippen LogP contribution in [0.25, 0.3) is 0 Å². The first-order valence-electron chi connectivity index (χ1n) is 6.40. The number of anilines is 1. The Morgan fingerprint density at radius 1 is 1.10 bits per heavy atom. The Balaban J connectivity index is 2.06. The van der Waals surface area contributed by atoms with Gasteiger partial charge in [-0.25, -0.2) is 0 Å². The molecule has 0 N–H and O–H groups in total. The average Bonchev–Trinajstić information content (AvgIpc) is 2.89. The van der Waals surface area contributed by atoms with E-state index in [1.165, 1.54) is 17.8 Å². The Bertz CT molecular complexity index is 690. The maximum absolute atomic E-state index is 12.2. The van der Waals surface area contributed by atoms with Crippen LogP contribution in [0.2, 0.25) is 0 Å². The lowest BCUT2D eigenvalue weighted by atomic mass is 10.1. The van der Waals surface area contributed by atoms with Crippen molar-refractivity contribution in [3.8, 4) is 0 Å². The molecule has 1 aliphatic heterocycles. The molecule has 0 unspecified atom stereocenters. The molecule has 3 rings (SSSR count). The van der Waals surface area contributed by atoms with Crippen LogP contribution in [0, 0.1) is 10.1 Å². The molecule has 0 saturated carbocycles. The molecule has 106 valence electrons. The van der Waals surface area contributed by atoms with Crippen LogP contribution in [0.1, 0.15) is 10.9 Å². The number of carbonyl (C=O) groups excluding carboxylic acids is 1. The molecular weight excluding hydrogens is 288 g/mol. The molecule has 2 aromatic rings. The number of nitro groups is 1. The lowest BCUT2D eigenvalue weighted by Gasteiger charge is -2.24. The zero-order chi connectivity index (χ0) is 14.8. The van der Waals surface area contributed by atoms with E-state index < -0.39 is 4.92 Å². The van der Waals surface area contributed by atoms with Gasteiger partial charge in [-0.2, -0.15) is 0 Å². The topological polar surface area (TPSA) is 63.4 Å². The van der Waals surface area contributed by atoms with Crippen LogP contribution >= 0.6 is 11.8 Å². The maximum Gasteiger partial charge on any atom is 0.275 e. The van der Waals surface area contributed by atoms with Gasteiger partial charge in [0.2, 0.25) is 5.91 Å². The summed E-state index contributed by atoms with van der Waals surface area (Å²) >= 11 is 1.41. The number of thioether (sulfide) groups is 1. The number of amides is 1. The van der Waals surface area contributed by atoms with Gasteiger partial charge in [0, 0.05) is 11.8 Å². The first-order valence-corrected chi connectivity index (χ1v) is 7.45. The molecule has 1 fully saturated rings. The van der Waals surface area contributed by atoms with Crippen LogP contribution < -0.4 is 4.90 Å². The molecule has 5 nitrogen and oxygen atoms in total. The molecule has 0 bridgehead atoms. The molecule has 2 aromatic carbocycles. The maximum atomic E-state index is 12.2. The lowest BCUT2D eigenvalue weighted by Crippen LogP contribution is -2.28. The van der Waals surface area contributed by atoms with Crippen LogP contribution in [0.3, 0.4) is 0 Å². The van der Waals surface area contributed by atoms with Gasteiger partial charge in [0.15, 0.2) is 0 Å². The fourth-order valence-corrected chi connectivity index (χ4v) is 3.59. The van der Waals surface area contributed by atoms with Crippen LogP contribution in [0.5, 0.6) is 0 Å². The van der Waals surface area contributed by atoms with Gasteiger partial charge in [-0.3, -0.25) is 19.8 Å². The molecule has 0 aliphatic carbocycles. The van der Waals surface area contributed by atoms with Crippen molar-refractivity contribution in [1.82, 2.24) is 0 Å². The van der Waals surface area contributed by atoms with E-state index in [4.69, 9.17) is 0 Å². The molecule has 6 heteroatoms. The molecule has 1 saturated heterocycles. The van der Waals surface area contributed by atoms with E-state index >= 15 is 0 Å². The summed E-state index contributed by atoms with van der Waals surface area (Å²) in [6.07, 6.45) is 0. The largest absolute Gasteiger partial charge is 0.295 e.